The third-order valence-electron chi connectivity index (χ3n) is 1.83. The van der Waals surface area contributed by atoms with E-state index in [0.29, 0.717) is 13.0 Å². The number of thiocarbonyl (C=S) groups is 1. The van der Waals surface area contributed by atoms with Gasteiger partial charge in [0.15, 0.2) is 5.11 Å². The first-order valence-electron chi connectivity index (χ1n) is 4.44. The molecule has 0 aliphatic heterocycles. The van der Waals surface area contributed by atoms with Gasteiger partial charge < -0.3 is 16.2 Å². The lowest BCUT2D eigenvalue weighted by Gasteiger charge is -2.11. The molecule has 0 amide bonds. The van der Waals surface area contributed by atoms with Crippen LogP contribution in [0.4, 0.5) is 0 Å². The Bertz CT molecular complexity index is 289. The van der Waals surface area contributed by atoms with Crippen molar-refractivity contribution in [1.29, 1.82) is 0 Å². The van der Waals surface area contributed by atoms with Crippen molar-refractivity contribution in [2.45, 2.75) is 12.5 Å². The van der Waals surface area contributed by atoms with Gasteiger partial charge in [-0.05, 0) is 17.8 Å². The molecule has 0 saturated heterocycles. The summed E-state index contributed by atoms with van der Waals surface area (Å²) in [6.45, 7) is 0.393. The van der Waals surface area contributed by atoms with Crippen molar-refractivity contribution in [3.05, 3.63) is 35.9 Å². The van der Waals surface area contributed by atoms with Gasteiger partial charge in [0.2, 0.25) is 0 Å². The predicted molar refractivity (Wildman–Crippen MR) is 60.9 cm³/mol. The van der Waals surface area contributed by atoms with Gasteiger partial charge in [-0.1, -0.05) is 30.3 Å². The number of aliphatic hydroxyl groups is 1. The molecule has 0 aliphatic carbocycles. The van der Waals surface area contributed by atoms with Gasteiger partial charge in [-0.2, -0.15) is 0 Å². The first kappa shape index (κ1) is 10.9. The van der Waals surface area contributed by atoms with Crippen molar-refractivity contribution in [3.8, 4) is 0 Å². The maximum Gasteiger partial charge on any atom is 0.163 e. The average Bonchev–Trinajstić information content (AvgIpc) is 2.16. The van der Waals surface area contributed by atoms with Crippen LogP contribution in [0.3, 0.4) is 0 Å². The summed E-state index contributed by atoms with van der Waals surface area (Å²) in [5.74, 6) is 0. The molecule has 1 atom stereocenters. The molecule has 4 heteroatoms. The molecular formula is C10H14N2OS. The van der Waals surface area contributed by atoms with E-state index in [0.717, 1.165) is 5.56 Å². The van der Waals surface area contributed by atoms with Crippen molar-refractivity contribution in [1.82, 2.24) is 5.32 Å². The van der Waals surface area contributed by atoms with Crippen LogP contribution in [0, 0.1) is 0 Å². The average molecular weight is 210 g/mol. The molecule has 1 aromatic rings. The van der Waals surface area contributed by atoms with Gasteiger partial charge in [0.25, 0.3) is 0 Å². The number of rotatable bonds is 4. The molecule has 0 heterocycles. The molecule has 0 fully saturated rings. The van der Waals surface area contributed by atoms with E-state index < -0.39 is 6.10 Å². The van der Waals surface area contributed by atoms with Crippen molar-refractivity contribution in [2.75, 3.05) is 6.54 Å². The van der Waals surface area contributed by atoms with Crippen molar-refractivity contribution < 1.29 is 5.11 Å². The molecule has 0 spiro atoms. The lowest BCUT2D eigenvalue weighted by molar-refractivity contribution is 0.178. The first-order valence-corrected chi connectivity index (χ1v) is 4.84. The maximum atomic E-state index is 9.57. The Morgan fingerprint density at radius 3 is 2.64 bits per heavy atom. The Morgan fingerprint density at radius 1 is 1.43 bits per heavy atom. The van der Waals surface area contributed by atoms with Crippen molar-refractivity contribution in [3.63, 3.8) is 0 Å². The second kappa shape index (κ2) is 5.57. The third kappa shape index (κ3) is 4.20. The number of hydrogen-bond donors (Lipinski definition) is 3. The summed E-state index contributed by atoms with van der Waals surface area (Å²) in [7, 11) is 0. The van der Waals surface area contributed by atoms with E-state index in [-0.39, 0.29) is 5.11 Å². The minimum atomic E-state index is -0.459. The molecule has 0 saturated carbocycles. The minimum absolute atomic E-state index is 0.220. The molecule has 14 heavy (non-hydrogen) atoms. The zero-order valence-corrected chi connectivity index (χ0v) is 8.63. The summed E-state index contributed by atoms with van der Waals surface area (Å²) in [5, 5.41) is 12.5. The molecule has 0 aliphatic rings. The van der Waals surface area contributed by atoms with E-state index in [4.69, 9.17) is 5.73 Å². The highest BCUT2D eigenvalue weighted by molar-refractivity contribution is 7.80. The number of aliphatic hydroxyl groups excluding tert-OH is 1. The van der Waals surface area contributed by atoms with E-state index in [9.17, 15) is 5.11 Å². The van der Waals surface area contributed by atoms with Crippen molar-refractivity contribution >= 4 is 17.3 Å². The van der Waals surface area contributed by atoms with Gasteiger partial charge in [-0.25, -0.2) is 0 Å². The smallest absolute Gasteiger partial charge is 0.163 e. The quantitative estimate of drug-likeness (QED) is 0.631. The highest BCUT2D eigenvalue weighted by Crippen LogP contribution is 2.02. The molecule has 0 radical (unpaired) electrons. The maximum absolute atomic E-state index is 9.57. The Morgan fingerprint density at radius 2 is 2.07 bits per heavy atom. The summed E-state index contributed by atoms with van der Waals surface area (Å²) in [6.07, 6.45) is 0.148. The van der Waals surface area contributed by atoms with E-state index >= 15 is 0 Å². The van der Waals surface area contributed by atoms with E-state index in [1.54, 1.807) is 0 Å². The van der Waals surface area contributed by atoms with Gasteiger partial charge in [0.1, 0.15) is 0 Å². The number of benzene rings is 1. The standard InChI is InChI=1S/C10H14N2OS/c11-10(14)12-7-9(13)6-8-4-2-1-3-5-8/h1-5,9,13H,6-7H2,(H3,11,12,14). The van der Waals surface area contributed by atoms with Crippen LogP contribution >= 0.6 is 12.2 Å². The minimum Gasteiger partial charge on any atom is -0.391 e. The van der Waals surface area contributed by atoms with E-state index in [2.05, 4.69) is 17.5 Å². The summed E-state index contributed by atoms with van der Waals surface area (Å²) >= 11 is 4.63. The summed E-state index contributed by atoms with van der Waals surface area (Å²) in [5.41, 5.74) is 6.34. The lowest BCUT2D eigenvalue weighted by atomic mass is 10.1. The van der Waals surface area contributed by atoms with Gasteiger partial charge in [-0.3, -0.25) is 0 Å². The Balaban J connectivity index is 2.34. The largest absolute Gasteiger partial charge is 0.391 e. The van der Waals surface area contributed by atoms with Gasteiger partial charge in [0.05, 0.1) is 6.10 Å². The fourth-order valence-electron chi connectivity index (χ4n) is 1.18. The number of nitrogens with two attached hydrogens (primary N) is 1. The molecular weight excluding hydrogens is 196 g/mol. The predicted octanol–water partition coefficient (Wildman–Crippen LogP) is 0.423. The summed E-state index contributed by atoms with van der Waals surface area (Å²) in [6, 6.07) is 9.79. The Hall–Kier alpha value is -1.13. The van der Waals surface area contributed by atoms with Crippen molar-refractivity contribution in [2.24, 2.45) is 5.73 Å². The molecule has 1 rings (SSSR count). The molecule has 1 aromatic carbocycles. The Kier molecular flexibility index (Phi) is 4.35. The molecule has 76 valence electrons. The highest BCUT2D eigenvalue weighted by atomic mass is 32.1. The fraction of sp³-hybridized carbons (Fsp3) is 0.300. The molecule has 4 N–H and O–H groups in total. The second-order valence-corrected chi connectivity index (χ2v) is 3.53. The second-order valence-electron chi connectivity index (χ2n) is 3.09. The van der Waals surface area contributed by atoms with Crippen LogP contribution in [0.25, 0.3) is 0 Å². The van der Waals surface area contributed by atoms with Crippen LogP contribution < -0.4 is 11.1 Å². The van der Waals surface area contributed by atoms with Crippen LogP contribution in [0.15, 0.2) is 30.3 Å². The normalized spacial score (nSPS) is 12.1. The van der Waals surface area contributed by atoms with Gasteiger partial charge >= 0.3 is 0 Å². The monoisotopic (exact) mass is 210 g/mol. The lowest BCUT2D eigenvalue weighted by Crippen LogP contribution is -2.36. The number of hydrogen-bond acceptors (Lipinski definition) is 2. The van der Waals surface area contributed by atoms with Crippen LogP contribution in [0.1, 0.15) is 5.56 Å². The van der Waals surface area contributed by atoms with E-state index in [1.807, 2.05) is 30.3 Å². The van der Waals surface area contributed by atoms with E-state index in [1.165, 1.54) is 0 Å². The zero-order valence-electron chi connectivity index (χ0n) is 7.81. The SMILES string of the molecule is NC(=S)NCC(O)Cc1ccccc1. The van der Waals surface area contributed by atoms with Gasteiger partial charge in [-0.15, -0.1) is 0 Å². The van der Waals surface area contributed by atoms with Crippen LogP contribution in [0.2, 0.25) is 0 Å². The molecule has 0 bridgehead atoms. The topological polar surface area (TPSA) is 58.3 Å². The fourth-order valence-corrected chi connectivity index (χ4v) is 1.26. The van der Waals surface area contributed by atoms with Crippen LogP contribution in [-0.2, 0) is 6.42 Å². The zero-order chi connectivity index (χ0) is 10.4. The van der Waals surface area contributed by atoms with Crippen LogP contribution in [0.5, 0.6) is 0 Å². The number of nitrogens with one attached hydrogen (secondary N) is 1. The third-order valence-corrected chi connectivity index (χ3v) is 1.97. The summed E-state index contributed by atoms with van der Waals surface area (Å²) in [4.78, 5) is 0. The molecule has 1 unspecified atom stereocenters. The summed E-state index contributed by atoms with van der Waals surface area (Å²) < 4.78 is 0. The molecule has 3 nitrogen and oxygen atoms in total. The Labute approximate surface area is 88.9 Å². The highest BCUT2D eigenvalue weighted by Gasteiger charge is 2.04. The molecule has 0 aromatic heterocycles. The van der Waals surface area contributed by atoms with Gasteiger partial charge in [0, 0.05) is 13.0 Å². The first-order chi connectivity index (χ1) is 6.68. The van der Waals surface area contributed by atoms with Crippen LogP contribution in [-0.4, -0.2) is 22.9 Å².